The van der Waals surface area contributed by atoms with E-state index in [0.717, 1.165) is 101 Å². The van der Waals surface area contributed by atoms with E-state index in [0.29, 0.717) is 5.56 Å². The van der Waals surface area contributed by atoms with Gasteiger partial charge in [0.25, 0.3) is 0 Å². The number of rotatable bonds is 16. The quantitative estimate of drug-likeness (QED) is 0.0953. The number of halogens is 2. The Morgan fingerprint density at radius 1 is 0.218 bits per heavy atom. The molecule has 17 aromatic carbocycles. The average Bonchev–Trinajstić information content (AvgIpc) is 0.760. The van der Waals surface area contributed by atoms with Gasteiger partial charge in [0.2, 0.25) is 0 Å². The Morgan fingerprint density at radius 3 is 0.714 bits per heavy atom. The van der Waals surface area contributed by atoms with E-state index < -0.39 is 16.5 Å². The van der Waals surface area contributed by atoms with Crippen molar-refractivity contribution in [3.05, 3.63) is 481 Å². The first-order chi connectivity index (χ1) is 65.1. The molecule has 7 nitrogen and oxygen atoms in total. The number of pyridine rings is 4. The van der Waals surface area contributed by atoms with E-state index in [1.54, 1.807) is 12.1 Å². The molecule has 0 bridgehead atoms. The van der Waals surface area contributed by atoms with Crippen molar-refractivity contribution in [2.24, 2.45) is 0 Å². The van der Waals surface area contributed by atoms with Gasteiger partial charge in [-0.1, -0.05) is 296 Å². The molecular weight excluding hydrogens is 1840 g/mol. The third-order valence-electron chi connectivity index (χ3n) is 24.7. The molecule has 0 N–H and O–H groups in total. The molecule has 21 rings (SSSR count). The van der Waals surface area contributed by atoms with Crippen LogP contribution in [0.2, 0.25) is 0 Å². The van der Waals surface area contributed by atoms with Crippen LogP contribution in [0.25, 0.3) is 155 Å². The third-order valence-corrected chi connectivity index (χ3v) is 24.7. The number of fused-ring (bicyclic) bond motifs is 4. The first-order valence-electron chi connectivity index (χ1n) is 44.5. The zero-order valence-electron chi connectivity index (χ0n) is 75.2. The van der Waals surface area contributed by atoms with Crippen LogP contribution < -0.4 is 9.80 Å². The van der Waals surface area contributed by atoms with Gasteiger partial charge < -0.3 is 9.80 Å². The molecule has 0 fully saturated rings. The summed E-state index contributed by atoms with van der Waals surface area (Å²) in [5.74, 6) is 0. The van der Waals surface area contributed by atoms with E-state index in [9.17, 15) is 0 Å². The Kier molecular flexibility index (Phi) is 26.8. The predicted molar refractivity (Wildman–Crippen MR) is 559 cm³/mol. The molecule has 0 aliphatic rings. The van der Waals surface area contributed by atoms with Gasteiger partial charge in [0.15, 0.2) is 0 Å². The van der Waals surface area contributed by atoms with Crippen molar-refractivity contribution in [2.75, 3.05) is 9.80 Å². The summed E-state index contributed by atoms with van der Waals surface area (Å²) in [6.07, 6.45) is 8.02. The normalized spacial score (nSPS) is 11.0. The van der Waals surface area contributed by atoms with E-state index in [2.05, 4.69) is 441 Å². The topological polar surface area (TPSA) is 81.8 Å². The van der Waals surface area contributed by atoms with Gasteiger partial charge >= 0.3 is 35.3 Å². The first kappa shape index (κ1) is 88.4. The number of anilines is 6. The summed E-state index contributed by atoms with van der Waals surface area (Å²) in [7, 11) is 9.75. The summed E-state index contributed by atoms with van der Waals surface area (Å²) in [6.45, 7) is 17.4. The van der Waals surface area contributed by atoms with Gasteiger partial charge in [-0.3, -0.25) is 19.9 Å². The zero-order chi connectivity index (χ0) is 91.4. The minimum atomic E-state index is -0.472. The number of aromatic nitrogens is 4. The van der Waals surface area contributed by atoms with Gasteiger partial charge in [-0.05, 0) is 309 Å². The van der Waals surface area contributed by atoms with Crippen molar-refractivity contribution in [2.45, 2.75) is 55.4 Å². The van der Waals surface area contributed by atoms with Crippen molar-refractivity contribution in [3.63, 3.8) is 0 Å². The molecule has 4 heterocycles. The van der Waals surface area contributed by atoms with Gasteiger partial charge in [0.1, 0.15) is 0 Å². The molecular formula is C123H95Cl2N7Pt. The third kappa shape index (κ3) is 19.8. The van der Waals surface area contributed by atoms with Crippen LogP contribution in [0, 0.1) is 66.7 Å². The molecule has 21 aromatic rings. The molecule has 10 heteroatoms. The average molecular weight is 1940 g/mol. The van der Waals surface area contributed by atoms with Crippen molar-refractivity contribution in [3.8, 4) is 118 Å². The Labute approximate surface area is 795 Å². The van der Waals surface area contributed by atoms with Crippen LogP contribution in [0.4, 0.5) is 34.1 Å². The van der Waals surface area contributed by atoms with E-state index in [1.165, 1.54) is 132 Å². The fourth-order valence-electron chi connectivity index (χ4n) is 18.1. The monoisotopic (exact) mass is 1930 g/mol. The summed E-state index contributed by atoms with van der Waals surface area (Å²) in [6, 6.07) is 147. The summed E-state index contributed by atoms with van der Waals surface area (Å²) < 4.78 is 0. The second-order valence-corrected chi connectivity index (χ2v) is 37.2. The van der Waals surface area contributed by atoms with Crippen LogP contribution in [0.1, 0.15) is 50.1 Å². The van der Waals surface area contributed by atoms with Gasteiger partial charge in [0.05, 0.1) is 45.8 Å². The van der Waals surface area contributed by atoms with E-state index in [4.69, 9.17) is 44.0 Å². The van der Waals surface area contributed by atoms with Crippen LogP contribution in [-0.2, 0) is 16.5 Å². The molecule has 0 atom stereocenters. The molecule has 0 aliphatic heterocycles. The molecule has 0 saturated carbocycles. The first-order valence-corrected chi connectivity index (χ1v) is 50.2. The predicted octanol–water partition coefficient (Wildman–Crippen LogP) is 34.6. The van der Waals surface area contributed by atoms with Crippen molar-refractivity contribution >= 4 is 96.1 Å². The van der Waals surface area contributed by atoms with E-state index in [-0.39, 0.29) is 0 Å². The molecule has 0 aliphatic carbocycles. The van der Waals surface area contributed by atoms with Crippen LogP contribution >= 0.6 is 18.8 Å². The Hall–Kier alpha value is -15.3. The van der Waals surface area contributed by atoms with Gasteiger partial charge in [-0.15, -0.1) is 0 Å². The second kappa shape index (κ2) is 40.4. The van der Waals surface area contributed by atoms with Gasteiger partial charge in [0, 0.05) is 80.9 Å². The molecule has 0 amide bonds. The minimum absolute atomic E-state index is 0.472. The number of aryl methyl sites for hydroxylation is 8. The zero-order valence-corrected chi connectivity index (χ0v) is 79.0. The summed E-state index contributed by atoms with van der Waals surface area (Å²) in [5.41, 5.74) is 38.6. The number of hydrogen-bond acceptors (Lipinski definition) is 7. The molecule has 0 unspecified atom stereocenters. The molecule has 4 aromatic heterocycles. The van der Waals surface area contributed by atoms with Crippen molar-refractivity contribution < 1.29 is 16.5 Å². The second-order valence-electron chi connectivity index (χ2n) is 33.9. The van der Waals surface area contributed by atoms with Crippen LogP contribution in [0.15, 0.2) is 431 Å². The number of nitrogens with zero attached hydrogens (tertiary/aromatic N) is 7. The Bertz CT molecular complexity index is 7120. The number of benzene rings is 17. The van der Waals surface area contributed by atoms with E-state index >= 15 is 0 Å². The van der Waals surface area contributed by atoms with Crippen molar-refractivity contribution in [1.29, 1.82) is 5.26 Å². The van der Waals surface area contributed by atoms with Crippen LogP contribution in [0.5, 0.6) is 0 Å². The van der Waals surface area contributed by atoms with Crippen molar-refractivity contribution in [1.82, 2.24) is 19.9 Å². The summed E-state index contributed by atoms with van der Waals surface area (Å²) in [5, 5.41) is 18.1. The number of nitriles is 1. The van der Waals surface area contributed by atoms with E-state index in [1.807, 2.05) is 49.1 Å². The Balaban J connectivity index is 0.000000160. The van der Waals surface area contributed by atoms with Gasteiger partial charge in [-0.2, -0.15) is 5.26 Å². The summed E-state index contributed by atoms with van der Waals surface area (Å²) in [4.78, 5) is 24.9. The molecule has 0 saturated heterocycles. The standard InChI is InChI=1S/2C58H45N3.C7H5N.2ClH.Pt/c2*1-38-28-39(2)58(55(29-38)44-16-6-5-7-17-44)61(51-22-12-20-49(32-51)56-34-53(40(3)36-59-56)47-26-24-42-14-8-10-18-45(42)30-47)52-23-13-21-50(33-52)57-35-54(41(4)37-60-57)48-27-25-43-15-9-11-19-46(43)31-48;8-6-7-4-2-1-3-5-7;;;/h2*5-37H,1-4H3;1-5H;2*1H;/q;;;;;+2/p-2. The SMILES string of the molecule is Cc1cc(C)c(N(c2cccc(-c3cc(-c4ccc5ccccc5c4)c(C)cn3)c2)c2cccc(-c3cc(-c4ccc5ccccc5c4)c(C)cn3)c2)c(-c2ccccc2)c1.Cc1cc(C)c(N(c2cccc(-c3cc(-c4ccc5ccccc5c4)c(C)cn3)c2)c2cccc(-c3cc(-c4ccc5ccccc5c4)c(C)cn3)c2)c(-c2ccccc2)c1.N#Cc1ccccc1.[Cl][Pt][Cl]. The molecule has 646 valence electrons. The van der Waals surface area contributed by atoms with Gasteiger partial charge in [-0.25, -0.2) is 0 Å². The maximum atomic E-state index is 8.29. The fourth-order valence-corrected chi connectivity index (χ4v) is 18.1. The maximum absolute atomic E-state index is 8.29. The number of hydrogen-bond donors (Lipinski definition) is 0. The van der Waals surface area contributed by atoms with Crippen LogP contribution in [0.3, 0.4) is 0 Å². The van der Waals surface area contributed by atoms with Crippen LogP contribution in [-0.4, -0.2) is 19.9 Å². The molecule has 0 spiro atoms. The molecule has 0 radical (unpaired) electrons. The molecule has 133 heavy (non-hydrogen) atoms. The summed E-state index contributed by atoms with van der Waals surface area (Å²) >= 11 is -0.472. The Morgan fingerprint density at radius 2 is 0.459 bits per heavy atom. The fraction of sp³-hybridized carbons (Fsp3) is 0.0650.